The lowest BCUT2D eigenvalue weighted by molar-refractivity contribution is -0.143. The van der Waals surface area contributed by atoms with Gasteiger partial charge in [-0.15, -0.1) is 5.06 Å². The summed E-state index contributed by atoms with van der Waals surface area (Å²) >= 11 is 11.4. The lowest BCUT2D eigenvalue weighted by Crippen LogP contribution is -2.51. The Morgan fingerprint density at radius 3 is 2.49 bits per heavy atom. The number of amides is 1. The van der Waals surface area contributed by atoms with Gasteiger partial charge >= 0.3 is 6.18 Å². The van der Waals surface area contributed by atoms with Gasteiger partial charge in [0.2, 0.25) is 0 Å². The van der Waals surface area contributed by atoms with Gasteiger partial charge in [0.1, 0.15) is 17.1 Å². The van der Waals surface area contributed by atoms with Gasteiger partial charge in [0.15, 0.2) is 0 Å². The van der Waals surface area contributed by atoms with Crippen LogP contribution in [0.15, 0.2) is 47.8 Å². The topological polar surface area (TPSA) is 82.5 Å². The number of hydroxylamine groups is 2. The Hall–Kier alpha value is -3.16. The number of alkyl halides is 3. The summed E-state index contributed by atoms with van der Waals surface area (Å²) in [4.78, 5) is 32.6. The molecule has 1 amide bonds. The molecule has 3 aliphatic rings. The third-order valence-electron chi connectivity index (χ3n) is 7.01. The molecule has 2 fully saturated rings. The van der Waals surface area contributed by atoms with Crippen LogP contribution in [0, 0.1) is 0 Å². The van der Waals surface area contributed by atoms with E-state index in [0.717, 1.165) is 6.07 Å². The fraction of sp³-hybridized carbons (Fsp3) is 0.440. The van der Waals surface area contributed by atoms with Crippen LogP contribution in [0.2, 0.25) is 5.02 Å². The molecule has 2 saturated heterocycles. The summed E-state index contributed by atoms with van der Waals surface area (Å²) in [7, 11) is 0. The van der Waals surface area contributed by atoms with Crippen molar-refractivity contribution in [1.82, 2.24) is 14.9 Å². The second-order valence-electron chi connectivity index (χ2n) is 9.55. The first-order valence-corrected chi connectivity index (χ1v) is 13.2. The maximum atomic E-state index is 13.2. The SMILES string of the molecule is O=C(C1=NOC2(CCN(OC(=S)Nc3ccccc3C(F)(F)F)CC2)C1)N1CCN(c2ncccc2Cl)CC1. The molecule has 0 atom stereocenters. The first-order valence-electron chi connectivity index (χ1n) is 12.4. The van der Waals surface area contributed by atoms with Crippen LogP contribution in [0.3, 0.4) is 0 Å². The van der Waals surface area contributed by atoms with E-state index in [-0.39, 0.29) is 16.8 Å². The summed E-state index contributed by atoms with van der Waals surface area (Å²) in [6, 6.07) is 8.62. The van der Waals surface area contributed by atoms with Crippen molar-refractivity contribution < 1.29 is 27.6 Å². The number of anilines is 2. The summed E-state index contributed by atoms with van der Waals surface area (Å²) in [5.41, 5.74) is -1.24. The monoisotopic (exact) mass is 582 g/mol. The van der Waals surface area contributed by atoms with Crippen LogP contribution in [0.1, 0.15) is 24.8 Å². The average Bonchev–Trinajstić information content (AvgIpc) is 3.33. The van der Waals surface area contributed by atoms with Gasteiger partial charge in [-0.1, -0.05) is 28.9 Å². The molecule has 4 heterocycles. The summed E-state index contributed by atoms with van der Waals surface area (Å²) in [6.45, 7) is 3.06. The fourth-order valence-electron chi connectivity index (χ4n) is 4.89. The highest BCUT2D eigenvalue weighted by Gasteiger charge is 2.45. The van der Waals surface area contributed by atoms with Crippen molar-refractivity contribution in [2.45, 2.75) is 31.0 Å². The zero-order valence-corrected chi connectivity index (χ0v) is 22.4. The molecule has 1 spiro atoms. The number of thiocarbonyl (C=S) groups is 1. The maximum Gasteiger partial charge on any atom is 0.418 e. The number of hydrogen-bond donors (Lipinski definition) is 1. The number of oxime groups is 1. The highest BCUT2D eigenvalue weighted by molar-refractivity contribution is 7.80. The zero-order valence-electron chi connectivity index (χ0n) is 20.8. The molecule has 1 aromatic heterocycles. The number of hydrogen-bond acceptors (Lipinski definition) is 8. The largest absolute Gasteiger partial charge is 0.418 e. The molecular formula is C25H26ClF3N6O3S. The van der Waals surface area contributed by atoms with Crippen molar-refractivity contribution >= 4 is 52.1 Å². The minimum absolute atomic E-state index is 0.147. The predicted octanol–water partition coefficient (Wildman–Crippen LogP) is 4.34. The zero-order chi connectivity index (χ0) is 27.6. The molecule has 0 radical (unpaired) electrons. The van der Waals surface area contributed by atoms with Crippen molar-refractivity contribution in [3.8, 4) is 0 Å². The highest BCUT2D eigenvalue weighted by atomic mass is 35.5. The average molecular weight is 583 g/mol. The van der Waals surface area contributed by atoms with Gasteiger partial charge in [-0.3, -0.25) is 4.79 Å². The number of carbonyl (C=O) groups is 1. The molecule has 1 N–H and O–H groups in total. The standard InChI is InChI=1S/C25H26ClF3N6O3S/c26-18-5-3-9-30-21(18)33-12-14-34(15-13-33)22(36)20-16-24(38-32-20)7-10-35(11-8-24)37-23(39)31-19-6-2-1-4-17(19)25(27,28)29/h1-6,9H,7-8,10-16H2,(H,31,39). The van der Waals surface area contributed by atoms with E-state index in [2.05, 4.69) is 20.4 Å². The Morgan fingerprint density at radius 2 is 1.79 bits per heavy atom. The maximum absolute atomic E-state index is 13.2. The molecule has 3 aliphatic heterocycles. The molecule has 0 aliphatic carbocycles. The normalized spacial score (nSPS) is 19.4. The second-order valence-corrected chi connectivity index (χ2v) is 10.3. The molecule has 0 saturated carbocycles. The van der Waals surface area contributed by atoms with Crippen molar-refractivity contribution in [2.24, 2.45) is 5.16 Å². The number of halogens is 4. The smallest absolute Gasteiger partial charge is 0.388 e. The van der Waals surface area contributed by atoms with Gasteiger partial charge in [-0.25, -0.2) is 4.98 Å². The lowest BCUT2D eigenvalue weighted by Gasteiger charge is -2.37. The minimum Gasteiger partial charge on any atom is -0.388 e. The van der Waals surface area contributed by atoms with Gasteiger partial charge in [-0.2, -0.15) is 13.2 Å². The van der Waals surface area contributed by atoms with Crippen LogP contribution >= 0.6 is 23.8 Å². The minimum atomic E-state index is -4.52. The van der Waals surface area contributed by atoms with E-state index >= 15 is 0 Å². The summed E-state index contributed by atoms with van der Waals surface area (Å²) in [5.74, 6) is 0.561. The van der Waals surface area contributed by atoms with Crippen molar-refractivity contribution in [1.29, 1.82) is 0 Å². The molecule has 5 rings (SSSR count). The molecular weight excluding hydrogens is 557 g/mol. The van der Waals surface area contributed by atoms with Crippen molar-refractivity contribution in [2.75, 3.05) is 49.5 Å². The second kappa shape index (κ2) is 11.1. The van der Waals surface area contributed by atoms with E-state index in [9.17, 15) is 18.0 Å². The Labute approximate surface area is 233 Å². The summed E-state index contributed by atoms with van der Waals surface area (Å²) in [6.07, 6.45) is -1.42. The van der Waals surface area contributed by atoms with Gasteiger partial charge < -0.3 is 24.8 Å². The number of para-hydroxylation sites is 1. The van der Waals surface area contributed by atoms with Crippen LogP contribution in [0.4, 0.5) is 24.7 Å². The number of nitrogens with one attached hydrogen (secondary N) is 1. The van der Waals surface area contributed by atoms with Gasteiger partial charge in [0.05, 0.1) is 16.3 Å². The number of piperidine rings is 1. The summed E-state index contributed by atoms with van der Waals surface area (Å²) in [5, 5.41) is 8.62. The van der Waals surface area contributed by atoms with E-state index in [1.165, 1.54) is 18.2 Å². The number of piperazine rings is 1. The molecule has 9 nitrogen and oxygen atoms in total. The van der Waals surface area contributed by atoms with Gasteiger partial charge in [0.25, 0.3) is 11.1 Å². The van der Waals surface area contributed by atoms with Crippen LogP contribution in [-0.4, -0.2) is 76.6 Å². The fourth-order valence-corrected chi connectivity index (χ4v) is 5.35. The van der Waals surface area contributed by atoms with E-state index in [0.29, 0.717) is 75.1 Å². The van der Waals surface area contributed by atoms with Crippen molar-refractivity contribution in [3.05, 3.63) is 53.2 Å². The molecule has 2 aromatic rings. The third kappa shape index (κ3) is 6.20. The van der Waals surface area contributed by atoms with E-state index in [4.69, 9.17) is 33.5 Å². The third-order valence-corrected chi connectivity index (χ3v) is 7.48. The number of pyridine rings is 1. The number of benzene rings is 1. The molecule has 0 bridgehead atoms. The quantitative estimate of drug-likeness (QED) is 0.533. The molecule has 208 valence electrons. The number of aromatic nitrogens is 1. The molecule has 39 heavy (non-hydrogen) atoms. The Bertz CT molecular complexity index is 1260. The van der Waals surface area contributed by atoms with Crippen LogP contribution < -0.4 is 10.2 Å². The van der Waals surface area contributed by atoms with Crippen LogP contribution in [0.5, 0.6) is 0 Å². The summed E-state index contributed by atoms with van der Waals surface area (Å²) < 4.78 is 39.7. The van der Waals surface area contributed by atoms with E-state index < -0.39 is 17.3 Å². The Kier molecular flexibility index (Phi) is 7.83. The van der Waals surface area contributed by atoms with E-state index in [1.54, 1.807) is 28.3 Å². The van der Waals surface area contributed by atoms with Crippen LogP contribution in [-0.2, 0) is 20.6 Å². The molecule has 14 heteroatoms. The predicted molar refractivity (Wildman–Crippen MR) is 143 cm³/mol. The van der Waals surface area contributed by atoms with E-state index in [1.807, 2.05) is 0 Å². The lowest BCUT2D eigenvalue weighted by atomic mass is 9.87. The van der Waals surface area contributed by atoms with Crippen molar-refractivity contribution in [3.63, 3.8) is 0 Å². The first kappa shape index (κ1) is 27.4. The first-order chi connectivity index (χ1) is 18.6. The van der Waals surface area contributed by atoms with Gasteiger partial charge in [-0.05, 0) is 36.5 Å². The van der Waals surface area contributed by atoms with Gasteiger partial charge in [0, 0.05) is 64.7 Å². The number of carbonyl (C=O) groups excluding carboxylic acids is 1. The Balaban J connectivity index is 1.09. The molecule has 0 unspecified atom stereocenters. The number of rotatable bonds is 4. The Morgan fingerprint density at radius 1 is 1.08 bits per heavy atom. The van der Waals surface area contributed by atoms with Crippen LogP contribution in [0.25, 0.3) is 0 Å². The number of nitrogens with zero attached hydrogens (tertiary/aromatic N) is 5. The highest BCUT2D eigenvalue weighted by Crippen LogP contribution is 2.36. The molecule has 1 aromatic carbocycles.